The van der Waals surface area contributed by atoms with E-state index in [0.29, 0.717) is 5.69 Å². The molecule has 0 unspecified atom stereocenters. The Morgan fingerprint density at radius 1 is 0.935 bits per heavy atom. The predicted molar refractivity (Wildman–Crippen MR) is 119 cm³/mol. The number of methoxy groups -OCH3 is 1. The Labute approximate surface area is 181 Å². The van der Waals surface area contributed by atoms with Crippen molar-refractivity contribution in [1.82, 2.24) is 0 Å². The fourth-order valence-electron chi connectivity index (χ4n) is 2.99. The van der Waals surface area contributed by atoms with Crippen LogP contribution >= 0.6 is 0 Å². The molecule has 8 heteroatoms. The largest absolute Gasteiger partial charge is 0.465 e. The molecule has 0 saturated carbocycles. The van der Waals surface area contributed by atoms with Crippen molar-refractivity contribution < 1.29 is 22.7 Å². The van der Waals surface area contributed by atoms with Gasteiger partial charge in [0, 0.05) is 12.6 Å². The third-order valence-electron chi connectivity index (χ3n) is 4.70. The molecule has 0 heterocycles. The summed E-state index contributed by atoms with van der Waals surface area (Å²) in [5, 5.41) is 2.64. The average molecular weight is 439 g/mol. The van der Waals surface area contributed by atoms with Crippen molar-refractivity contribution in [2.75, 3.05) is 23.8 Å². The zero-order chi connectivity index (χ0) is 22.6. The van der Waals surface area contributed by atoms with Crippen molar-refractivity contribution >= 4 is 33.3 Å². The molecular formula is C23H22N2O5S. The van der Waals surface area contributed by atoms with E-state index in [-0.39, 0.29) is 21.7 Å². The summed E-state index contributed by atoms with van der Waals surface area (Å²) in [5.74, 6) is -1.14. The highest BCUT2D eigenvalue weighted by atomic mass is 32.2. The summed E-state index contributed by atoms with van der Waals surface area (Å²) in [6.45, 7) is 1.88. The topological polar surface area (TPSA) is 92.8 Å². The molecule has 0 aliphatic carbocycles. The van der Waals surface area contributed by atoms with Gasteiger partial charge in [0.05, 0.1) is 28.9 Å². The number of hydrogen-bond donors (Lipinski definition) is 1. The molecule has 160 valence electrons. The molecule has 0 bridgehead atoms. The first-order chi connectivity index (χ1) is 14.7. The van der Waals surface area contributed by atoms with Gasteiger partial charge in [0.25, 0.3) is 15.9 Å². The minimum absolute atomic E-state index is 0.0228. The van der Waals surface area contributed by atoms with Crippen LogP contribution in [0, 0.1) is 6.92 Å². The fraction of sp³-hybridized carbons (Fsp3) is 0.130. The smallest absolute Gasteiger partial charge is 0.339 e. The number of benzene rings is 3. The molecule has 0 saturated heterocycles. The van der Waals surface area contributed by atoms with Gasteiger partial charge in [0.2, 0.25) is 0 Å². The number of para-hydroxylation sites is 1. The molecule has 0 aliphatic rings. The summed E-state index contributed by atoms with van der Waals surface area (Å²) in [7, 11) is -1.17. The zero-order valence-corrected chi connectivity index (χ0v) is 18.1. The van der Waals surface area contributed by atoms with Crippen LogP contribution in [-0.4, -0.2) is 34.5 Å². The number of nitrogens with one attached hydrogen (secondary N) is 1. The Balaban J connectivity index is 1.90. The second-order valence-electron chi connectivity index (χ2n) is 6.83. The van der Waals surface area contributed by atoms with Crippen molar-refractivity contribution in [3.8, 4) is 0 Å². The Bertz CT molecular complexity index is 1240. The van der Waals surface area contributed by atoms with Gasteiger partial charge >= 0.3 is 5.97 Å². The van der Waals surface area contributed by atoms with E-state index in [4.69, 9.17) is 4.74 Å². The SMILES string of the molecule is COC(=O)c1ccccc1NC(=O)c1cccc(S(=O)(=O)N(C)c2cccc(C)c2)c1. The quantitative estimate of drug-likeness (QED) is 0.590. The molecule has 0 fully saturated rings. The van der Waals surface area contributed by atoms with E-state index in [9.17, 15) is 18.0 Å². The second-order valence-corrected chi connectivity index (χ2v) is 8.80. The zero-order valence-electron chi connectivity index (χ0n) is 17.3. The van der Waals surface area contributed by atoms with Crippen LogP contribution in [0.1, 0.15) is 26.3 Å². The summed E-state index contributed by atoms with van der Waals surface area (Å²) in [6.07, 6.45) is 0. The number of hydrogen-bond acceptors (Lipinski definition) is 5. The monoisotopic (exact) mass is 438 g/mol. The normalized spacial score (nSPS) is 10.9. The van der Waals surface area contributed by atoms with E-state index in [1.54, 1.807) is 36.4 Å². The molecule has 3 aromatic rings. The lowest BCUT2D eigenvalue weighted by atomic mass is 10.1. The minimum Gasteiger partial charge on any atom is -0.465 e. The molecule has 1 N–H and O–H groups in total. The third kappa shape index (κ3) is 4.75. The first-order valence-electron chi connectivity index (χ1n) is 9.38. The highest BCUT2D eigenvalue weighted by Crippen LogP contribution is 2.24. The van der Waals surface area contributed by atoms with E-state index >= 15 is 0 Å². The number of carbonyl (C=O) groups is 2. The molecule has 0 aromatic heterocycles. The van der Waals surface area contributed by atoms with Gasteiger partial charge in [-0.05, 0) is 55.0 Å². The predicted octanol–water partition coefficient (Wildman–Crippen LogP) is 3.86. The Morgan fingerprint density at radius 2 is 1.65 bits per heavy atom. The van der Waals surface area contributed by atoms with Crippen molar-refractivity contribution in [3.05, 3.63) is 89.5 Å². The molecule has 3 rings (SSSR count). The molecule has 1 amide bonds. The van der Waals surface area contributed by atoms with Crippen LogP contribution in [0.15, 0.2) is 77.7 Å². The molecule has 31 heavy (non-hydrogen) atoms. The molecule has 0 radical (unpaired) electrons. The maximum atomic E-state index is 13.1. The van der Waals surface area contributed by atoms with Crippen LogP contribution in [0.25, 0.3) is 0 Å². The van der Waals surface area contributed by atoms with Crippen molar-refractivity contribution in [2.45, 2.75) is 11.8 Å². The number of amides is 1. The first kappa shape index (κ1) is 22.0. The minimum atomic E-state index is -3.88. The highest BCUT2D eigenvalue weighted by Gasteiger charge is 2.23. The van der Waals surface area contributed by atoms with Gasteiger partial charge in [-0.3, -0.25) is 9.10 Å². The molecule has 3 aromatic carbocycles. The van der Waals surface area contributed by atoms with Crippen LogP contribution in [0.4, 0.5) is 11.4 Å². The second kappa shape index (κ2) is 9.01. The van der Waals surface area contributed by atoms with Gasteiger partial charge in [-0.1, -0.05) is 30.3 Å². The summed E-state index contributed by atoms with van der Waals surface area (Å²) >= 11 is 0. The van der Waals surface area contributed by atoms with Gasteiger partial charge in [-0.15, -0.1) is 0 Å². The van der Waals surface area contributed by atoms with Crippen LogP contribution < -0.4 is 9.62 Å². The maximum absolute atomic E-state index is 13.1. The number of sulfonamides is 1. The Kier molecular flexibility index (Phi) is 6.41. The van der Waals surface area contributed by atoms with Crippen molar-refractivity contribution in [3.63, 3.8) is 0 Å². The number of ether oxygens (including phenoxy) is 1. The average Bonchev–Trinajstić information content (AvgIpc) is 2.78. The summed E-state index contributed by atoms with van der Waals surface area (Å²) in [5.41, 5.74) is 2.04. The number of rotatable bonds is 6. The number of anilines is 2. The van der Waals surface area contributed by atoms with Gasteiger partial charge in [0.15, 0.2) is 0 Å². The molecule has 0 spiro atoms. The molecule has 7 nitrogen and oxygen atoms in total. The number of carbonyl (C=O) groups excluding carboxylic acids is 2. The fourth-order valence-corrected chi connectivity index (χ4v) is 4.23. The standard InChI is InChI=1S/C23H22N2O5S/c1-16-8-6-10-18(14-16)25(2)31(28,29)19-11-7-9-17(15-19)22(26)24-21-13-5-4-12-20(21)23(27)30-3/h4-15H,1-3H3,(H,24,26). The van der Waals surface area contributed by atoms with E-state index in [1.165, 1.54) is 48.8 Å². The van der Waals surface area contributed by atoms with E-state index < -0.39 is 21.9 Å². The Hall–Kier alpha value is -3.65. The van der Waals surface area contributed by atoms with Gasteiger partial charge in [-0.2, -0.15) is 0 Å². The summed E-state index contributed by atoms with van der Waals surface area (Å²) < 4.78 is 32.1. The van der Waals surface area contributed by atoms with Crippen LogP contribution in [0.5, 0.6) is 0 Å². The molecular weight excluding hydrogens is 416 g/mol. The lowest BCUT2D eigenvalue weighted by molar-refractivity contribution is 0.0602. The lowest BCUT2D eigenvalue weighted by Gasteiger charge is -2.20. The summed E-state index contributed by atoms with van der Waals surface area (Å²) in [6, 6.07) is 19.3. The maximum Gasteiger partial charge on any atom is 0.339 e. The van der Waals surface area contributed by atoms with Gasteiger partial charge < -0.3 is 10.1 Å². The summed E-state index contributed by atoms with van der Waals surface area (Å²) in [4.78, 5) is 24.7. The van der Waals surface area contributed by atoms with E-state index in [0.717, 1.165) is 5.56 Å². The van der Waals surface area contributed by atoms with Crippen LogP contribution in [0.2, 0.25) is 0 Å². The van der Waals surface area contributed by atoms with Crippen LogP contribution in [0.3, 0.4) is 0 Å². The molecule has 0 atom stereocenters. The molecule has 0 aliphatic heterocycles. The van der Waals surface area contributed by atoms with E-state index in [1.807, 2.05) is 13.0 Å². The highest BCUT2D eigenvalue weighted by molar-refractivity contribution is 7.92. The van der Waals surface area contributed by atoms with E-state index in [2.05, 4.69) is 5.32 Å². The third-order valence-corrected chi connectivity index (χ3v) is 6.48. The number of esters is 1. The Morgan fingerprint density at radius 3 is 2.35 bits per heavy atom. The number of aryl methyl sites for hydroxylation is 1. The van der Waals surface area contributed by atoms with Crippen LogP contribution in [-0.2, 0) is 14.8 Å². The van der Waals surface area contributed by atoms with Crippen molar-refractivity contribution in [2.24, 2.45) is 0 Å². The van der Waals surface area contributed by atoms with Crippen molar-refractivity contribution in [1.29, 1.82) is 0 Å². The van der Waals surface area contributed by atoms with Gasteiger partial charge in [-0.25, -0.2) is 13.2 Å². The lowest BCUT2D eigenvalue weighted by Crippen LogP contribution is -2.27. The van der Waals surface area contributed by atoms with Gasteiger partial charge in [0.1, 0.15) is 0 Å². The number of nitrogens with zero attached hydrogens (tertiary/aromatic N) is 1. The first-order valence-corrected chi connectivity index (χ1v) is 10.8.